The van der Waals surface area contributed by atoms with Gasteiger partial charge in [0.2, 0.25) is 5.91 Å². The first-order valence-electron chi connectivity index (χ1n) is 3.09. The Labute approximate surface area is 59.0 Å². The average Bonchev–Trinajstić information content (AvgIpc) is 1.81. The molecular weight excluding hydrogens is 134 g/mol. The first-order valence-corrected chi connectivity index (χ1v) is 3.09. The van der Waals surface area contributed by atoms with E-state index in [1.54, 1.807) is 6.92 Å². The van der Waals surface area contributed by atoms with Gasteiger partial charge in [-0.25, -0.2) is 0 Å². The Kier molecular flexibility index (Phi) is 3.46. The van der Waals surface area contributed by atoms with Gasteiger partial charge in [-0.3, -0.25) is 9.59 Å². The van der Waals surface area contributed by atoms with Crippen molar-refractivity contribution >= 4 is 11.9 Å². The molecule has 10 heavy (non-hydrogen) atoms. The Morgan fingerprint density at radius 1 is 1.60 bits per heavy atom. The Morgan fingerprint density at radius 2 is 2.10 bits per heavy atom. The van der Waals surface area contributed by atoms with Crippen molar-refractivity contribution in [1.29, 1.82) is 0 Å². The van der Waals surface area contributed by atoms with Crippen molar-refractivity contribution < 1.29 is 14.7 Å². The number of rotatable bonds is 4. The Hall–Kier alpha value is -1.06. The lowest BCUT2D eigenvalue weighted by molar-refractivity contribution is -0.143. The zero-order valence-electron chi connectivity index (χ0n) is 5.83. The zero-order valence-corrected chi connectivity index (χ0v) is 5.83. The van der Waals surface area contributed by atoms with Crippen LogP contribution in [0.3, 0.4) is 0 Å². The molecule has 0 saturated heterocycles. The standard InChI is InChI=1S/C6H11NO3/c1-2-4(6(9)10)3-5(7)8/h4H,2-3H2,1H3,(H2,7,8)(H,9,10). The highest BCUT2D eigenvalue weighted by Gasteiger charge is 2.16. The Morgan fingerprint density at radius 3 is 2.20 bits per heavy atom. The van der Waals surface area contributed by atoms with Crippen LogP contribution in [0.15, 0.2) is 0 Å². The molecule has 0 aromatic heterocycles. The second kappa shape index (κ2) is 3.87. The molecule has 0 aromatic rings. The first-order chi connectivity index (χ1) is 4.57. The van der Waals surface area contributed by atoms with Gasteiger partial charge in [0.25, 0.3) is 0 Å². The molecule has 1 atom stereocenters. The summed E-state index contributed by atoms with van der Waals surface area (Å²) in [6, 6.07) is 0. The van der Waals surface area contributed by atoms with Gasteiger partial charge >= 0.3 is 5.97 Å². The van der Waals surface area contributed by atoms with E-state index in [1.165, 1.54) is 0 Å². The van der Waals surface area contributed by atoms with Crippen LogP contribution in [0.5, 0.6) is 0 Å². The minimum atomic E-state index is -0.957. The second-order valence-corrected chi connectivity index (χ2v) is 2.11. The van der Waals surface area contributed by atoms with Crippen molar-refractivity contribution in [1.82, 2.24) is 0 Å². The van der Waals surface area contributed by atoms with E-state index in [4.69, 9.17) is 10.8 Å². The number of aliphatic carboxylic acids is 1. The maximum Gasteiger partial charge on any atom is 0.307 e. The number of carboxylic acid groups (broad SMARTS) is 1. The number of carboxylic acids is 1. The van der Waals surface area contributed by atoms with Crippen molar-refractivity contribution in [3.63, 3.8) is 0 Å². The van der Waals surface area contributed by atoms with Gasteiger partial charge in [0.15, 0.2) is 0 Å². The maximum absolute atomic E-state index is 10.3. The summed E-state index contributed by atoms with van der Waals surface area (Å²) in [6.45, 7) is 1.71. The summed E-state index contributed by atoms with van der Waals surface area (Å²) in [7, 11) is 0. The van der Waals surface area contributed by atoms with Crippen LogP contribution in [0.25, 0.3) is 0 Å². The molecule has 4 nitrogen and oxygen atoms in total. The van der Waals surface area contributed by atoms with Gasteiger partial charge in [-0.1, -0.05) is 6.92 Å². The lowest BCUT2D eigenvalue weighted by atomic mass is 10.0. The molecule has 0 rings (SSSR count). The van der Waals surface area contributed by atoms with Gasteiger partial charge in [-0.05, 0) is 6.42 Å². The Bertz CT molecular complexity index is 144. The molecule has 0 heterocycles. The van der Waals surface area contributed by atoms with Gasteiger partial charge in [0.05, 0.1) is 5.92 Å². The average molecular weight is 145 g/mol. The molecule has 0 saturated carbocycles. The topological polar surface area (TPSA) is 80.4 Å². The lowest BCUT2D eigenvalue weighted by Gasteiger charge is -2.04. The number of amides is 1. The fraction of sp³-hybridized carbons (Fsp3) is 0.667. The molecule has 0 fully saturated rings. The van der Waals surface area contributed by atoms with Crippen molar-refractivity contribution in [2.45, 2.75) is 19.8 Å². The number of hydrogen-bond acceptors (Lipinski definition) is 2. The summed E-state index contributed by atoms with van der Waals surface area (Å²) in [5, 5.41) is 8.41. The first kappa shape index (κ1) is 8.94. The highest BCUT2D eigenvalue weighted by Crippen LogP contribution is 2.06. The van der Waals surface area contributed by atoms with Crippen LogP contribution < -0.4 is 5.73 Å². The summed E-state index contributed by atoms with van der Waals surface area (Å²) in [6.07, 6.45) is 0.379. The third-order valence-electron chi connectivity index (χ3n) is 1.29. The molecule has 1 amide bonds. The van der Waals surface area contributed by atoms with Crippen molar-refractivity contribution in [2.75, 3.05) is 0 Å². The van der Waals surface area contributed by atoms with E-state index in [1.807, 2.05) is 0 Å². The molecule has 0 aliphatic carbocycles. The third kappa shape index (κ3) is 3.06. The smallest absolute Gasteiger partial charge is 0.307 e. The van der Waals surface area contributed by atoms with Crippen LogP contribution in [-0.2, 0) is 9.59 Å². The third-order valence-corrected chi connectivity index (χ3v) is 1.29. The number of carbonyl (C=O) groups excluding carboxylic acids is 1. The van der Waals surface area contributed by atoms with E-state index < -0.39 is 17.8 Å². The van der Waals surface area contributed by atoms with E-state index in [9.17, 15) is 9.59 Å². The van der Waals surface area contributed by atoms with Crippen molar-refractivity contribution in [3.8, 4) is 0 Å². The van der Waals surface area contributed by atoms with Gasteiger partial charge < -0.3 is 10.8 Å². The summed E-state index contributed by atoms with van der Waals surface area (Å²) >= 11 is 0. The summed E-state index contributed by atoms with van der Waals surface area (Å²) in [5.41, 5.74) is 4.80. The second-order valence-electron chi connectivity index (χ2n) is 2.11. The van der Waals surface area contributed by atoms with Crippen molar-refractivity contribution in [2.24, 2.45) is 11.7 Å². The summed E-state index contributed by atoms with van der Waals surface area (Å²) in [4.78, 5) is 20.5. The zero-order chi connectivity index (χ0) is 8.15. The summed E-state index contributed by atoms with van der Waals surface area (Å²) in [5.74, 6) is -2.13. The van der Waals surface area contributed by atoms with Crippen molar-refractivity contribution in [3.05, 3.63) is 0 Å². The number of nitrogens with two attached hydrogens (primary N) is 1. The largest absolute Gasteiger partial charge is 0.481 e. The minimum absolute atomic E-state index is 0.0637. The highest BCUT2D eigenvalue weighted by molar-refractivity contribution is 5.80. The maximum atomic E-state index is 10.3. The van der Waals surface area contributed by atoms with Crippen LogP contribution in [0.2, 0.25) is 0 Å². The minimum Gasteiger partial charge on any atom is -0.481 e. The van der Waals surface area contributed by atoms with E-state index in [0.29, 0.717) is 6.42 Å². The normalized spacial score (nSPS) is 12.5. The molecule has 3 N–H and O–H groups in total. The van der Waals surface area contributed by atoms with Gasteiger partial charge in [-0.2, -0.15) is 0 Å². The van der Waals surface area contributed by atoms with Gasteiger partial charge in [0.1, 0.15) is 0 Å². The number of primary amides is 1. The molecule has 0 aliphatic heterocycles. The molecular formula is C6H11NO3. The quantitative estimate of drug-likeness (QED) is 0.583. The molecule has 4 heteroatoms. The Balaban J connectivity index is 3.83. The molecule has 0 bridgehead atoms. The van der Waals surface area contributed by atoms with E-state index >= 15 is 0 Å². The van der Waals surface area contributed by atoms with Gasteiger partial charge in [0, 0.05) is 6.42 Å². The molecule has 0 aliphatic rings. The van der Waals surface area contributed by atoms with E-state index in [2.05, 4.69) is 0 Å². The fourth-order valence-electron chi connectivity index (χ4n) is 0.649. The van der Waals surface area contributed by atoms with Gasteiger partial charge in [-0.15, -0.1) is 0 Å². The molecule has 0 aromatic carbocycles. The van der Waals surface area contributed by atoms with Crippen LogP contribution in [-0.4, -0.2) is 17.0 Å². The van der Waals surface area contributed by atoms with Crippen LogP contribution in [0, 0.1) is 5.92 Å². The highest BCUT2D eigenvalue weighted by atomic mass is 16.4. The molecule has 1 unspecified atom stereocenters. The van der Waals surface area contributed by atoms with Crippen LogP contribution in [0.1, 0.15) is 19.8 Å². The van der Waals surface area contributed by atoms with E-state index in [0.717, 1.165) is 0 Å². The SMILES string of the molecule is CCC(CC(N)=O)C(=O)O. The molecule has 0 spiro atoms. The van der Waals surface area contributed by atoms with Crippen LogP contribution >= 0.6 is 0 Å². The van der Waals surface area contributed by atoms with E-state index in [-0.39, 0.29) is 6.42 Å². The fourth-order valence-corrected chi connectivity index (χ4v) is 0.649. The summed E-state index contributed by atoms with van der Waals surface area (Å²) < 4.78 is 0. The lowest BCUT2D eigenvalue weighted by Crippen LogP contribution is -2.21. The molecule has 58 valence electrons. The predicted octanol–water partition coefficient (Wildman–Crippen LogP) is -0.0274. The molecule has 0 radical (unpaired) electrons. The number of hydrogen-bond donors (Lipinski definition) is 2. The number of carbonyl (C=O) groups is 2. The predicted molar refractivity (Wildman–Crippen MR) is 35.2 cm³/mol. The monoisotopic (exact) mass is 145 g/mol. The van der Waals surface area contributed by atoms with Crippen LogP contribution in [0.4, 0.5) is 0 Å².